The molecule has 0 heterocycles. The van der Waals surface area contributed by atoms with Crippen LogP contribution in [0.15, 0.2) is 18.2 Å². The van der Waals surface area contributed by atoms with Gasteiger partial charge in [-0.15, -0.1) is 4.31 Å². The van der Waals surface area contributed by atoms with Gasteiger partial charge in [0.2, 0.25) is 0 Å². The minimum Gasteiger partial charge on any atom is -0.398 e. The Kier molecular flexibility index (Phi) is 11.2. The van der Waals surface area contributed by atoms with Crippen LogP contribution < -0.4 is 5.73 Å². The fourth-order valence-corrected chi connectivity index (χ4v) is 2.90. The number of hydrogen-bond donors (Lipinski definition) is 2. The van der Waals surface area contributed by atoms with E-state index in [4.69, 9.17) is 15.6 Å². The molecule has 0 saturated heterocycles. The summed E-state index contributed by atoms with van der Waals surface area (Å²) in [6.45, 7) is 9.82. The number of aliphatic hydroxyl groups excluding tert-OH is 1. The first-order chi connectivity index (χ1) is 12.5. The van der Waals surface area contributed by atoms with Gasteiger partial charge in [-0.2, -0.15) is 8.42 Å². The molecule has 0 aliphatic heterocycles. The molecule has 0 amide bonds. The number of hydrogen-bond acceptors (Lipinski definition) is 7. The molecule has 8 nitrogen and oxygen atoms in total. The largest absolute Gasteiger partial charge is 0.398 e. The van der Waals surface area contributed by atoms with Gasteiger partial charge >= 0.3 is 16.3 Å². The van der Waals surface area contributed by atoms with Crippen LogP contribution in [0.25, 0.3) is 0 Å². The van der Waals surface area contributed by atoms with E-state index < -0.39 is 28.9 Å². The lowest BCUT2D eigenvalue weighted by Crippen LogP contribution is -2.41. The highest BCUT2D eigenvalue weighted by molar-refractivity contribution is 7.84. The van der Waals surface area contributed by atoms with Crippen LogP contribution in [0.4, 0.5) is 5.69 Å². The second-order valence-electron chi connectivity index (χ2n) is 6.37. The zero-order chi connectivity index (χ0) is 21.2. The molecule has 0 saturated carbocycles. The molecule has 9 heteroatoms. The third-order valence-electron chi connectivity index (χ3n) is 3.79. The summed E-state index contributed by atoms with van der Waals surface area (Å²) >= 11 is 0. The fraction of sp³-hybridized carbons (Fsp3) is 0.611. The highest BCUT2D eigenvalue weighted by atomic mass is 32.2. The molecule has 1 atom stereocenters. The van der Waals surface area contributed by atoms with Crippen molar-refractivity contribution in [1.29, 1.82) is 0 Å². The zero-order valence-electron chi connectivity index (χ0n) is 16.9. The number of carbonyl (C=O) groups excluding carboxylic acids is 1. The summed E-state index contributed by atoms with van der Waals surface area (Å²) in [5.41, 5.74) is 8.92. The molecule has 0 aliphatic carbocycles. The number of benzene rings is 1. The Labute approximate surface area is 162 Å². The van der Waals surface area contributed by atoms with Crippen LogP contribution in [-0.2, 0) is 24.0 Å². The second kappa shape index (κ2) is 11.9. The van der Waals surface area contributed by atoms with Crippen LogP contribution in [-0.4, -0.2) is 49.3 Å². The molecule has 156 valence electrons. The molecule has 1 unspecified atom stereocenters. The van der Waals surface area contributed by atoms with E-state index in [2.05, 4.69) is 4.18 Å². The van der Waals surface area contributed by atoms with Crippen molar-refractivity contribution in [3.63, 3.8) is 0 Å². The van der Waals surface area contributed by atoms with E-state index in [0.29, 0.717) is 0 Å². The molecule has 0 spiro atoms. The van der Waals surface area contributed by atoms with Crippen molar-refractivity contribution in [3.8, 4) is 0 Å². The van der Waals surface area contributed by atoms with E-state index in [1.165, 1.54) is 0 Å². The Balaban J connectivity index is 0.000000621. The topological polar surface area (TPSA) is 119 Å². The Morgan fingerprint density at radius 3 is 2.11 bits per heavy atom. The van der Waals surface area contributed by atoms with Crippen molar-refractivity contribution < 1.29 is 27.2 Å². The molecule has 0 aliphatic rings. The van der Waals surface area contributed by atoms with E-state index in [-0.39, 0.29) is 12.8 Å². The number of ether oxygens (including phenoxy) is 1. The van der Waals surface area contributed by atoms with Gasteiger partial charge in [-0.05, 0) is 52.2 Å². The number of nitrogens with zero attached hydrogens (tertiary/aromatic N) is 1. The Morgan fingerprint density at radius 1 is 1.22 bits per heavy atom. The first-order valence-corrected chi connectivity index (χ1v) is 10.1. The number of para-hydroxylation sites is 1. The van der Waals surface area contributed by atoms with Crippen molar-refractivity contribution in [2.45, 2.75) is 60.1 Å². The van der Waals surface area contributed by atoms with Crippen LogP contribution in [0, 0.1) is 13.8 Å². The predicted octanol–water partition coefficient (Wildman–Crippen LogP) is 2.14. The van der Waals surface area contributed by atoms with Gasteiger partial charge in [0.1, 0.15) is 13.3 Å². The summed E-state index contributed by atoms with van der Waals surface area (Å²) in [6, 6.07) is 5.62. The molecular weight excluding hydrogens is 372 g/mol. The molecule has 1 aromatic carbocycles. The average molecular weight is 405 g/mol. The molecule has 1 rings (SSSR count). The van der Waals surface area contributed by atoms with Gasteiger partial charge in [0.05, 0.1) is 6.10 Å². The lowest BCUT2D eigenvalue weighted by atomic mass is 10.1. The van der Waals surface area contributed by atoms with E-state index in [0.717, 1.165) is 27.5 Å². The van der Waals surface area contributed by atoms with Crippen LogP contribution >= 0.6 is 0 Å². The lowest BCUT2D eigenvalue weighted by molar-refractivity contribution is -0.137. The van der Waals surface area contributed by atoms with Crippen molar-refractivity contribution in [1.82, 2.24) is 4.31 Å². The summed E-state index contributed by atoms with van der Waals surface area (Å²) in [5, 5.41) is 8.49. The van der Waals surface area contributed by atoms with Gasteiger partial charge in [-0.25, -0.2) is 4.79 Å². The van der Waals surface area contributed by atoms with Crippen molar-refractivity contribution in [3.05, 3.63) is 29.3 Å². The molecule has 0 aromatic heterocycles. The molecule has 3 N–H and O–H groups in total. The van der Waals surface area contributed by atoms with Gasteiger partial charge in [-0.3, -0.25) is 0 Å². The molecule has 1 aromatic rings. The summed E-state index contributed by atoms with van der Waals surface area (Å²) in [4.78, 5) is 10.8. The molecule has 27 heavy (non-hydrogen) atoms. The molecule has 0 bridgehead atoms. The van der Waals surface area contributed by atoms with Gasteiger partial charge in [0.15, 0.2) is 0 Å². The number of nitrogen functional groups attached to an aromatic ring is 1. The third-order valence-corrected chi connectivity index (χ3v) is 5.29. The van der Waals surface area contributed by atoms with Gasteiger partial charge in [0, 0.05) is 11.7 Å². The quantitative estimate of drug-likeness (QED) is 0.503. The monoisotopic (exact) mass is 404 g/mol. The molecule has 0 fully saturated rings. The Hall–Kier alpha value is -1.68. The minimum absolute atomic E-state index is 0.102. The van der Waals surface area contributed by atoms with E-state index in [9.17, 15) is 13.2 Å². The maximum Gasteiger partial charge on any atom is 0.389 e. The minimum atomic E-state index is -4.24. The lowest BCUT2D eigenvalue weighted by Gasteiger charge is -2.25. The molecule has 0 radical (unpaired) electrons. The van der Waals surface area contributed by atoms with E-state index in [1.807, 2.05) is 45.9 Å². The van der Waals surface area contributed by atoms with Crippen LogP contribution in [0.1, 0.15) is 45.2 Å². The Bertz CT molecular complexity index is 671. The second-order valence-corrected chi connectivity index (χ2v) is 7.86. The van der Waals surface area contributed by atoms with Crippen LogP contribution in [0.2, 0.25) is 0 Å². The predicted molar refractivity (Wildman–Crippen MR) is 105 cm³/mol. The fourth-order valence-electron chi connectivity index (χ4n) is 1.81. The number of aryl methyl sites for hydroxylation is 2. The summed E-state index contributed by atoms with van der Waals surface area (Å²) < 4.78 is 33.9. The smallest absolute Gasteiger partial charge is 0.389 e. The van der Waals surface area contributed by atoms with Gasteiger partial charge < -0.3 is 19.8 Å². The average Bonchev–Trinajstić information content (AvgIpc) is 2.59. The molecular formula is C18H32N2O6S. The number of rotatable bonds is 8. The van der Waals surface area contributed by atoms with Crippen molar-refractivity contribution >= 4 is 22.0 Å². The third kappa shape index (κ3) is 9.18. The number of aliphatic hydroxyl groups is 1. The maximum absolute atomic E-state index is 11.7. The van der Waals surface area contributed by atoms with Gasteiger partial charge in [0.25, 0.3) is 0 Å². The normalized spacial score (nSPS) is 12.5. The van der Waals surface area contributed by atoms with Crippen molar-refractivity contribution in [2.75, 3.05) is 19.1 Å². The number of carbonyl (C=O) groups is 1. The first-order valence-electron chi connectivity index (χ1n) is 8.74. The zero-order valence-corrected chi connectivity index (χ0v) is 17.7. The summed E-state index contributed by atoms with van der Waals surface area (Å²) in [5.74, 6) is -1.22. The van der Waals surface area contributed by atoms with E-state index in [1.54, 1.807) is 13.8 Å². The highest BCUT2D eigenvalue weighted by Gasteiger charge is 2.29. The Morgan fingerprint density at radius 2 is 1.74 bits per heavy atom. The van der Waals surface area contributed by atoms with Crippen LogP contribution in [0.5, 0.6) is 0 Å². The standard InChI is InChI=1S/C10H21NO6S.C8H11N/c1-5-9(4)16-7-11(8(2)3)18(14,15)17-10(13)6-12;1-6-4-3-5-7(2)8(6)9/h8-9,12H,5-7H2,1-4H3;3-5H,9H2,1-2H3. The number of anilines is 1. The number of nitrogens with two attached hydrogens (primary N) is 1. The highest BCUT2D eigenvalue weighted by Crippen LogP contribution is 2.14. The first kappa shape index (κ1) is 25.3. The SMILES string of the molecule is CCC(C)OCN(C(C)C)S(=O)(=O)OC(=O)CO.Cc1cccc(C)c1N. The maximum atomic E-state index is 11.7. The van der Waals surface area contributed by atoms with Gasteiger partial charge in [-0.1, -0.05) is 25.1 Å². The summed E-state index contributed by atoms with van der Waals surface area (Å²) in [6.07, 6.45) is 0.637. The van der Waals surface area contributed by atoms with E-state index >= 15 is 0 Å². The van der Waals surface area contributed by atoms with Crippen molar-refractivity contribution in [2.24, 2.45) is 0 Å². The van der Waals surface area contributed by atoms with Crippen LogP contribution in [0.3, 0.4) is 0 Å². The summed E-state index contributed by atoms with van der Waals surface area (Å²) in [7, 11) is -4.24.